The lowest BCUT2D eigenvalue weighted by molar-refractivity contribution is 0.00704. The van der Waals surface area contributed by atoms with E-state index in [9.17, 15) is 9.18 Å². The largest absolute Gasteiger partial charge is 0.444 e. The average molecular weight is 413 g/mol. The summed E-state index contributed by atoms with van der Waals surface area (Å²) in [6.45, 7) is 2.85. The predicted octanol–water partition coefficient (Wildman–Crippen LogP) is 5.65. The number of ether oxygens (including phenoxy) is 1. The molecule has 1 saturated carbocycles. The van der Waals surface area contributed by atoms with Crippen LogP contribution in [0.15, 0.2) is 47.6 Å². The molecule has 0 saturated heterocycles. The van der Waals surface area contributed by atoms with Gasteiger partial charge in [0.05, 0.1) is 6.04 Å². The van der Waals surface area contributed by atoms with Crippen molar-refractivity contribution in [3.8, 4) is 0 Å². The van der Waals surface area contributed by atoms with Gasteiger partial charge in [0.2, 0.25) is 0 Å². The highest BCUT2D eigenvalue weighted by molar-refractivity contribution is 5.70. The first kappa shape index (κ1) is 21.1. The molecule has 1 aromatic carbocycles. The second-order valence-electron chi connectivity index (χ2n) is 8.94. The number of allylic oxidation sites excluding steroid dienone is 1. The number of hydrogen-bond acceptors (Lipinski definition) is 3. The first-order chi connectivity index (χ1) is 14.6. The Bertz CT molecular complexity index is 817. The second kappa shape index (κ2) is 9.34. The third-order valence-corrected chi connectivity index (χ3v) is 6.84. The van der Waals surface area contributed by atoms with Gasteiger partial charge >= 0.3 is 6.09 Å². The summed E-state index contributed by atoms with van der Waals surface area (Å²) in [5.41, 5.74) is 9.50. The van der Waals surface area contributed by atoms with Crippen molar-refractivity contribution in [2.75, 3.05) is 6.54 Å². The standard InChI is InChI=1S/C25H33FN2O2/c1-2-3-4-5-17-6-11-21-19(16-17)14-15-28(25(29)30-23-13-12-22(23)27)24(21)18-7-9-20(26)10-8-18/h6-11,17,22-24H,2-5,12-16,27H2,1H3/t17?,22-,23-,24+/m1/s1. The van der Waals surface area contributed by atoms with E-state index in [1.807, 2.05) is 0 Å². The molecule has 3 aliphatic rings. The van der Waals surface area contributed by atoms with Crippen LogP contribution in [0, 0.1) is 11.7 Å². The van der Waals surface area contributed by atoms with Gasteiger partial charge in [-0.15, -0.1) is 0 Å². The van der Waals surface area contributed by atoms with E-state index in [-0.39, 0.29) is 30.1 Å². The van der Waals surface area contributed by atoms with Gasteiger partial charge in [0.1, 0.15) is 11.9 Å². The van der Waals surface area contributed by atoms with E-state index in [1.54, 1.807) is 17.0 Å². The molecule has 1 heterocycles. The van der Waals surface area contributed by atoms with Gasteiger partial charge in [0, 0.05) is 12.6 Å². The van der Waals surface area contributed by atoms with Crippen molar-refractivity contribution >= 4 is 6.09 Å². The summed E-state index contributed by atoms with van der Waals surface area (Å²) >= 11 is 0. The van der Waals surface area contributed by atoms with Gasteiger partial charge in [0.25, 0.3) is 0 Å². The molecule has 1 unspecified atom stereocenters. The van der Waals surface area contributed by atoms with Crippen LogP contribution in [0.5, 0.6) is 0 Å². The van der Waals surface area contributed by atoms with Gasteiger partial charge in [-0.25, -0.2) is 9.18 Å². The molecular formula is C25H33FN2O2. The zero-order valence-corrected chi connectivity index (χ0v) is 17.9. The number of unbranched alkanes of at least 4 members (excludes halogenated alkanes) is 2. The van der Waals surface area contributed by atoms with Crippen LogP contribution in [0.1, 0.15) is 69.9 Å². The molecule has 2 N–H and O–H groups in total. The molecule has 0 aromatic heterocycles. The molecule has 1 amide bonds. The van der Waals surface area contributed by atoms with Crippen molar-refractivity contribution in [3.63, 3.8) is 0 Å². The third kappa shape index (κ3) is 4.46. The first-order valence-electron chi connectivity index (χ1n) is 11.4. The maximum absolute atomic E-state index is 13.6. The summed E-state index contributed by atoms with van der Waals surface area (Å²) in [7, 11) is 0. The highest BCUT2D eigenvalue weighted by atomic mass is 19.1. The fourth-order valence-electron chi connectivity index (χ4n) is 4.84. The van der Waals surface area contributed by atoms with E-state index < -0.39 is 0 Å². The van der Waals surface area contributed by atoms with Gasteiger partial charge in [-0.1, -0.05) is 56.0 Å². The van der Waals surface area contributed by atoms with Crippen molar-refractivity contribution in [2.45, 2.75) is 76.5 Å². The smallest absolute Gasteiger partial charge is 0.410 e. The average Bonchev–Trinajstić information content (AvgIpc) is 2.76. The number of hydrogen-bond donors (Lipinski definition) is 1. The molecule has 30 heavy (non-hydrogen) atoms. The molecule has 1 fully saturated rings. The monoisotopic (exact) mass is 412 g/mol. The molecule has 0 bridgehead atoms. The van der Waals surface area contributed by atoms with Crippen molar-refractivity contribution in [2.24, 2.45) is 11.7 Å². The molecule has 1 aliphatic heterocycles. The molecule has 4 atom stereocenters. The van der Waals surface area contributed by atoms with Gasteiger partial charge in [0.15, 0.2) is 0 Å². The van der Waals surface area contributed by atoms with Crippen LogP contribution >= 0.6 is 0 Å². The summed E-state index contributed by atoms with van der Waals surface area (Å²) in [5.74, 6) is 0.309. The number of benzene rings is 1. The molecular weight excluding hydrogens is 379 g/mol. The van der Waals surface area contributed by atoms with Crippen molar-refractivity contribution < 1.29 is 13.9 Å². The van der Waals surface area contributed by atoms with Crippen molar-refractivity contribution in [3.05, 3.63) is 58.9 Å². The van der Waals surface area contributed by atoms with Crippen LogP contribution in [0.3, 0.4) is 0 Å². The van der Waals surface area contributed by atoms with E-state index in [1.165, 1.54) is 49.0 Å². The Labute approximate surface area is 179 Å². The molecule has 0 radical (unpaired) electrons. The SMILES string of the molecule is CCCCCC1C=CC2=C(CCN(C(=O)O[C@@H]3CC[C@H]3N)[C@H]2c2ccc(F)cc2)C1. The van der Waals surface area contributed by atoms with Crippen LogP contribution in [-0.2, 0) is 4.74 Å². The van der Waals surface area contributed by atoms with Crippen molar-refractivity contribution in [1.29, 1.82) is 0 Å². The molecule has 1 aromatic rings. The lowest BCUT2D eigenvalue weighted by Gasteiger charge is -2.42. The third-order valence-electron chi connectivity index (χ3n) is 6.84. The fraction of sp³-hybridized carbons (Fsp3) is 0.560. The maximum Gasteiger partial charge on any atom is 0.410 e. The quantitative estimate of drug-likeness (QED) is 0.614. The summed E-state index contributed by atoms with van der Waals surface area (Å²) < 4.78 is 19.3. The normalized spacial score (nSPS) is 28.2. The van der Waals surface area contributed by atoms with Crippen molar-refractivity contribution in [1.82, 2.24) is 4.90 Å². The van der Waals surface area contributed by atoms with Gasteiger partial charge in [-0.05, 0) is 61.3 Å². The number of rotatable bonds is 6. The molecule has 2 aliphatic carbocycles. The number of carbonyl (C=O) groups excluding carboxylic acids is 1. The first-order valence-corrected chi connectivity index (χ1v) is 11.4. The van der Waals surface area contributed by atoms with Crippen LogP contribution in [0.2, 0.25) is 0 Å². The van der Waals surface area contributed by atoms with E-state index in [0.717, 1.165) is 31.2 Å². The minimum Gasteiger partial charge on any atom is -0.444 e. The maximum atomic E-state index is 13.6. The molecule has 4 nitrogen and oxygen atoms in total. The summed E-state index contributed by atoms with van der Waals surface area (Å²) in [5, 5.41) is 0. The zero-order chi connectivity index (χ0) is 21.1. The van der Waals surface area contributed by atoms with Gasteiger partial charge in [-0.2, -0.15) is 0 Å². The van der Waals surface area contributed by atoms with E-state index in [4.69, 9.17) is 10.5 Å². The topological polar surface area (TPSA) is 55.6 Å². The van der Waals surface area contributed by atoms with Crippen LogP contribution in [-0.4, -0.2) is 29.7 Å². The van der Waals surface area contributed by atoms with Gasteiger partial charge < -0.3 is 10.5 Å². The number of halogens is 1. The highest BCUT2D eigenvalue weighted by Gasteiger charge is 2.38. The van der Waals surface area contributed by atoms with Crippen LogP contribution in [0.4, 0.5) is 9.18 Å². The van der Waals surface area contributed by atoms with Gasteiger partial charge in [-0.3, -0.25) is 4.90 Å². The van der Waals surface area contributed by atoms with Crippen LogP contribution in [0.25, 0.3) is 0 Å². The Morgan fingerprint density at radius 2 is 2.03 bits per heavy atom. The molecule has 162 valence electrons. The number of nitrogens with zero attached hydrogens (tertiary/aromatic N) is 1. The lowest BCUT2D eigenvalue weighted by Crippen LogP contribution is -2.50. The number of amides is 1. The second-order valence-corrected chi connectivity index (χ2v) is 8.94. The van der Waals surface area contributed by atoms with Crippen LogP contribution < -0.4 is 5.73 Å². The summed E-state index contributed by atoms with van der Waals surface area (Å²) in [4.78, 5) is 14.8. The summed E-state index contributed by atoms with van der Waals surface area (Å²) in [6, 6.07) is 6.21. The minimum absolute atomic E-state index is 0.0590. The Kier molecular flexibility index (Phi) is 6.57. The Morgan fingerprint density at radius 3 is 2.70 bits per heavy atom. The molecule has 5 heteroatoms. The predicted molar refractivity (Wildman–Crippen MR) is 116 cm³/mol. The Morgan fingerprint density at radius 1 is 1.23 bits per heavy atom. The Hall–Kier alpha value is -2.14. The number of carbonyl (C=O) groups is 1. The van der Waals surface area contributed by atoms with E-state index in [2.05, 4.69) is 19.1 Å². The summed E-state index contributed by atoms with van der Waals surface area (Å²) in [6.07, 6.45) is 12.7. The lowest BCUT2D eigenvalue weighted by atomic mass is 9.79. The minimum atomic E-state index is -0.311. The van der Waals surface area contributed by atoms with E-state index in [0.29, 0.717) is 12.5 Å². The Balaban J connectivity index is 1.56. The number of nitrogens with two attached hydrogens (primary N) is 1. The zero-order valence-electron chi connectivity index (χ0n) is 17.9. The molecule has 0 spiro atoms. The molecule has 4 rings (SSSR count). The highest BCUT2D eigenvalue weighted by Crippen LogP contribution is 2.42. The van der Waals surface area contributed by atoms with E-state index >= 15 is 0 Å². The fourth-order valence-corrected chi connectivity index (χ4v) is 4.84.